The second-order valence-electron chi connectivity index (χ2n) is 5.86. The third kappa shape index (κ3) is 4.28. The fourth-order valence-corrected chi connectivity index (χ4v) is 3.96. The molecule has 0 fully saturated rings. The van der Waals surface area contributed by atoms with Gasteiger partial charge in [0.05, 0.1) is 10.0 Å². The molecule has 0 aliphatic rings. The minimum atomic E-state index is 0.576. The summed E-state index contributed by atoms with van der Waals surface area (Å²) in [6, 6.07) is 10.3. The van der Waals surface area contributed by atoms with Crippen molar-refractivity contribution in [3.8, 4) is 0 Å². The second kappa shape index (κ2) is 7.24. The van der Waals surface area contributed by atoms with Crippen LogP contribution in [0.1, 0.15) is 15.4 Å². The molecule has 0 unspecified atom stereocenters. The number of nitrogens with one attached hydrogen (secondary N) is 2. The van der Waals surface area contributed by atoms with Crippen molar-refractivity contribution in [3.63, 3.8) is 0 Å². The average molecular weight is 368 g/mol. The molecule has 0 saturated carbocycles. The van der Waals surface area contributed by atoms with Crippen molar-refractivity contribution in [2.45, 2.75) is 19.6 Å². The number of aromatic nitrogens is 1. The number of aromatic amines is 1. The van der Waals surface area contributed by atoms with Crippen LogP contribution in [0.5, 0.6) is 0 Å². The average Bonchev–Trinajstić information content (AvgIpc) is 3.06. The van der Waals surface area contributed by atoms with Gasteiger partial charge in [0.15, 0.2) is 0 Å². The highest BCUT2D eigenvalue weighted by Crippen LogP contribution is 2.28. The van der Waals surface area contributed by atoms with Crippen LogP contribution >= 0.6 is 34.5 Å². The minimum absolute atomic E-state index is 0.576. The van der Waals surface area contributed by atoms with Gasteiger partial charge in [-0.25, -0.2) is 0 Å². The Hall–Kier alpha value is -1.04. The van der Waals surface area contributed by atoms with Crippen LogP contribution < -0.4 is 5.32 Å². The van der Waals surface area contributed by atoms with Crippen LogP contribution in [0.15, 0.2) is 30.3 Å². The van der Waals surface area contributed by atoms with Crippen LogP contribution in [-0.4, -0.2) is 24.0 Å². The molecule has 0 aliphatic heterocycles. The molecule has 0 amide bonds. The molecule has 0 bridgehead atoms. The standard InChI is InChI=1S/C17H19Cl2N3S/c1-22(2)10-14-4-3-13(23-14)9-20-8-12-5-11-6-15(18)16(19)7-17(11)21-12/h3-7,20-21H,8-10H2,1-2H3. The van der Waals surface area contributed by atoms with Gasteiger partial charge in [-0.1, -0.05) is 23.2 Å². The van der Waals surface area contributed by atoms with Gasteiger partial charge < -0.3 is 15.2 Å². The van der Waals surface area contributed by atoms with E-state index in [9.17, 15) is 0 Å². The Morgan fingerprint density at radius 3 is 2.57 bits per heavy atom. The van der Waals surface area contributed by atoms with E-state index in [0.717, 1.165) is 36.2 Å². The zero-order valence-electron chi connectivity index (χ0n) is 13.1. The van der Waals surface area contributed by atoms with Gasteiger partial charge in [0, 0.05) is 46.0 Å². The fourth-order valence-electron chi connectivity index (χ4n) is 2.52. The largest absolute Gasteiger partial charge is 0.357 e. The summed E-state index contributed by atoms with van der Waals surface area (Å²) in [5.74, 6) is 0. The van der Waals surface area contributed by atoms with E-state index in [0.29, 0.717) is 10.0 Å². The number of hydrogen-bond acceptors (Lipinski definition) is 3. The first-order valence-corrected chi connectivity index (χ1v) is 8.98. The zero-order valence-corrected chi connectivity index (χ0v) is 15.4. The molecule has 0 aliphatic carbocycles. The topological polar surface area (TPSA) is 31.1 Å². The first kappa shape index (κ1) is 16.8. The van der Waals surface area contributed by atoms with E-state index in [1.807, 2.05) is 23.5 Å². The van der Waals surface area contributed by atoms with E-state index in [1.165, 1.54) is 9.75 Å². The summed E-state index contributed by atoms with van der Waals surface area (Å²) in [6.45, 7) is 2.65. The van der Waals surface area contributed by atoms with E-state index < -0.39 is 0 Å². The van der Waals surface area contributed by atoms with Gasteiger partial charge in [0.2, 0.25) is 0 Å². The third-order valence-electron chi connectivity index (χ3n) is 3.52. The van der Waals surface area contributed by atoms with Crippen LogP contribution in [0, 0.1) is 0 Å². The predicted octanol–water partition coefficient (Wildman–Crippen LogP) is 4.89. The number of rotatable bonds is 6. The maximum atomic E-state index is 6.06. The van der Waals surface area contributed by atoms with Gasteiger partial charge in [-0.2, -0.15) is 0 Å². The molecular weight excluding hydrogens is 349 g/mol. The first-order valence-electron chi connectivity index (χ1n) is 7.41. The Balaban J connectivity index is 1.59. The van der Waals surface area contributed by atoms with E-state index in [4.69, 9.17) is 23.2 Å². The molecule has 122 valence electrons. The SMILES string of the molecule is CN(C)Cc1ccc(CNCc2cc3cc(Cl)c(Cl)cc3[nH]2)s1. The molecule has 23 heavy (non-hydrogen) atoms. The summed E-state index contributed by atoms with van der Waals surface area (Å²) >= 11 is 14.0. The van der Waals surface area contributed by atoms with Crippen molar-refractivity contribution in [2.24, 2.45) is 0 Å². The molecule has 2 aromatic heterocycles. The van der Waals surface area contributed by atoms with Crippen molar-refractivity contribution in [1.29, 1.82) is 0 Å². The van der Waals surface area contributed by atoms with Gasteiger partial charge in [-0.15, -0.1) is 11.3 Å². The maximum absolute atomic E-state index is 6.06. The van der Waals surface area contributed by atoms with Crippen LogP contribution in [-0.2, 0) is 19.6 Å². The lowest BCUT2D eigenvalue weighted by Crippen LogP contribution is -2.12. The van der Waals surface area contributed by atoms with Crippen molar-refractivity contribution in [1.82, 2.24) is 15.2 Å². The molecule has 0 spiro atoms. The Morgan fingerprint density at radius 2 is 1.78 bits per heavy atom. The summed E-state index contributed by atoms with van der Waals surface area (Å²) in [7, 11) is 4.18. The second-order valence-corrected chi connectivity index (χ2v) is 7.92. The number of H-pyrrole nitrogens is 1. The Morgan fingerprint density at radius 1 is 1.04 bits per heavy atom. The molecular formula is C17H19Cl2N3S. The predicted molar refractivity (Wildman–Crippen MR) is 101 cm³/mol. The summed E-state index contributed by atoms with van der Waals surface area (Å²) < 4.78 is 0. The van der Waals surface area contributed by atoms with Crippen molar-refractivity contribution in [2.75, 3.05) is 14.1 Å². The summed E-state index contributed by atoms with van der Waals surface area (Å²) in [5, 5.41) is 5.72. The van der Waals surface area contributed by atoms with E-state index >= 15 is 0 Å². The van der Waals surface area contributed by atoms with Gasteiger partial charge >= 0.3 is 0 Å². The number of nitrogens with zero attached hydrogens (tertiary/aromatic N) is 1. The molecule has 3 rings (SSSR count). The van der Waals surface area contributed by atoms with E-state index in [2.05, 4.69) is 47.5 Å². The molecule has 0 saturated heterocycles. The van der Waals surface area contributed by atoms with Crippen LogP contribution in [0.25, 0.3) is 10.9 Å². The lowest BCUT2D eigenvalue weighted by molar-refractivity contribution is 0.406. The molecule has 2 heterocycles. The number of thiophene rings is 1. The minimum Gasteiger partial charge on any atom is -0.357 e. The first-order chi connectivity index (χ1) is 11.0. The number of hydrogen-bond donors (Lipinski definition) is 2. The number of halogens is 2. The molecule has 3 nitrogen and oxygen atoms in total. The highest BCUT2D eigenvalue weighted by Gasteiger charge is 2.06. The van der Waals surface area contributed by atoms with Crippen LogP contribution in [0.4, 0.5) is 0 Å². The lowest BCUT2D eigenvalue weighted by Gasteiger charge is -2.06. The zero-order chi connectivity index (χ0) is 16.4. The van der Waals surface area contributed by atoms with E-state index in [-0.39, 0.29) is 0 Å². The quantitative estimate of drug-likeness (QED) is 0.649. The summed E-state index contributed by atoms with van der Waals surface area (Å²) in [5.41, 5.74) is 2.14. The number of benzene rings is 1. The van der Waals surface area contributed by atoms with Gasteiger partial charge in [-0.05, 0) is 44.4 Å². The molecule has 2 N–H and O–H groups in total. The summed E-state index contributed by atoms with van der Waals surface area (Å²) in [4.78, 5) is 8.30. The Kier molecular flexibility index (Phi) is 5.29. The fraction of sp³-hybridized carbons (Fsp3) is 0.294. The monoisotopic (exact) mass is 367 g/mol. The van der Waals surface area contributed by atoms with Gasteiger partial charge in [0.25, 0.3) is 0 Å². The van der Waals surface area contributed by atoms with Crippen LogP contribution in [0.3, 0.4) is 0 Å². The molecule has 3 aromatic rings. The van der Waals surface area contributed by atoms with Gasteiger partial charge in [0.1, 0.15) is 0 Å². The molecule has 0 atom stereocenters. The highest BCUT2D eigenvalue weighted by molar-refractivity contribution is 7.11. The highest BCUT2D eigenvalue weighted by atomic mass is 35.5. The summed E-state index contributed by atoms with van der Waals surface area (Å²) in [6.07, 6.45) is 0. The molecule has 6 heteroatoms. The number of fused-ring (bicyclic) bond motifs is 1. The van der Waals surface area contributed by atoms with Gasteiger partial charge in [-0.3, -0.25) is 0 Å². The molecule has 0 radical (unpaired) electrons. The maximum Gasteiger partial charge on any atom is 0.0613 e. The third-order valence-corrected chi connectivity index (χ3v) is 5.31. The van der Waals surface area contributed by atoms with E-state index in [1.54, 1.807) is 0 Å². The molecule has 1 aromatic carbocycles. The Labute approximate surface area is 150 Å². The normalized spacial score (nSPS) is 11.7. The van der Waals surface area contributed by atoms with Crippen molar-refractivity contribution in [3.05, 3.63) is 55.8 Å². The van der Waals surface area contributed by atoms with Crippen LogP contribution in [0.2, 0.25) is 10.0 Å². The smallest absolute Gasteiger partial charge is 0.0613 e. The Bertz CT molecular complexity index is 768. The van der Waals surface area contributed by atoms with Crippen molar-refractivity contribution >= 4 is 45.4 Å². The lowest BCUT2D eigenvalue weighted by atomic mass is 10.2. The van der Waals surface area contributed by atoms with Crippen molar-refractivity contribution < 1.29 is 0 Å².